The molecule has 26 heavy (non-hydrogen) atoms. The van der Waals surface area contributed by atoms with Crippen molar-refractivity contribution in [3.8, 4) is 0 Å². The van der Waals surface area contributed by atoms with E-state index in [-0.39, 0.29) is 19.4 Å². The third-order valence-electron chi connectivity index (χ3n) is 3.49. The van der Waals surface area contributed by atoms with Gasteiger partial charge in [0.15, 0.2) is 6.54 Å². The Hall–Kier alpha value is -2.69. The molecule has 0 rings (SSSR count). The van der Waals surface area contributed by atoms with Gasteiger partial charge in [0.1, 0.15) is 12.1 Å². The van der Waals surface area contributed by atoms with Crippen molar-refractivity contribution in [2.75, 3.05) is 6.54 Å². The molecule has 0 aromatic carbocycles. The Bertz CT molecular complexity index is 538. The minimum atomic E-state index is -1.41. The first-order valence-electron chi connectivity index (χ1n) is 8.20. The first-order valence-corrected chi connectivity index (χ1v) is 8.20. The highest BCUT2D eigenvalue weighted by Gasteiger charge is 2.20. The number of amides is 3. The highest BCUT2D eigenvalue weighted by Crippen LogP contribution is 2.04. The second kappa shape index (κ2) is 11.8. The van der Waals surface area contributed by atoms with Gasteiger partial charge in [0.25, 0.3) is 5.91 Å². The third-order valence-corrected chi connectivity index (χ3v) is 3.49. The van der Waals surface area contributed by atoms with Crippen LogP contribution < -0.4 is 26.8 Å². The van der Waals surface area contributed by atoms with E-state index in [0.29, 0.717) is 12.8 Å². The summed E-state index contributed by atoms with van der Waals surface area (Å²) >= 11 is 0. The van der Waals surface area contributed by atoms with Crippen molar-refractivity contribution in [3.63, 3.8) is 0 Å². The molecule has 0 radical (unpaired) electrons. The lowest BCUT2D eigenvalue weighted by atomic mass is 10.1. The molecule has 0 saturated carbocycles. The number of rotatable bonds is 12. The minimum absolute atomic E-state index is 0.0507. The molecule has 0 aliphatic heterocycles. The van der Waals surface area contributed by atoms with E-state index in [1.165, 1.54) is 13.8 Å². The van der Waals surface area contributed by atoms with E-state index in [4.69, 9.17) is 5.11 Å². The summed E-state index contributed by atoms with van der Waals surface area (Å²) in [5, 5.41) is 26.6. The highest BCUT2D eigenvalue weighted by atomic mass is 16.4. The fourth-order valence-corrected chi connectivity index (χ4v) is 1.93. The van der Waals surface area contributed by atoms with Crippen LogP contribution in [0.3, 0.4) is 0 Å². The average Bonchev–Trinajstić information content (AvgIpc) is 2.56. The van der Waals surface area contributed by atoms with E-state index >= 15 is 0 Å². The molecular weight excluding hydrogens is 348 g/mol. The van der Waals surface area contributed by atoms with Crippen LogP contribution in [0, 0.1) is 0 Å². The molecule has 7 N–H and O–H groups in total. The van der Waals surface area contributed by atoms with Crippen molar-refractivity contribution in [1.82, 2.24) is 16.0 Å². The number of aliphatic carboxylic acids is 2. The molecule has 0 saturated heterocycles. The molecule has 0 aromatic heterocycles. The maximum atomic E-state index is 11.8. The van der Waals surface area contributed by atoms with Crippen molar-refractivity contribution >= 4 is 29.7 Å². The van der Waals surface area contributed by atoms with Gasteiger partial charge in [-0.1, -0.05) is 6.42 Å². The van der Waals surface area contributed by atoms with Gasteiger partial charge in [-0.05, 0) is 26.7 Å². The van der Waals surface area contributed by atoms with Gasteiger partial charge >= 0.3 is 5.97 Å². The topological polar surface area (TPSA) is 192 Å². The Kier molecular flexibility index (Phi) is 10.6. The van der Waals surface area contributed by atoms with Crippen molar-refractivity contribution in [3.05, 3.63) is 0 Å². The summed E-state index contributed by atoms with van der Waals surface area (Å²) in [5.41, 5.74) is 3.34. The summed E-state index contributed by atoms with van der Waals surface area (Å²) in [4.78, 5) is 56.2. The number of unbranched alkanes of at least 4 members (excludes halogenated alkanes) is 1. The quantitative estimate of drug-likeness (QED) is 0.215. The van der Waals surface area contributed by atoms with Crippen molar-refractivity contribution in [2.45, 2.75) is 57.7 Å². The van der Waals surface area contributed by atoms with E-state index in [1.807, 2.05) is 0 Å². The molecule has 0 fully saturated rings. The normalized spacial score (nSPS) is 13.8. The maximum Gasteiger partial charge on any atom is 0.325 e. The molecule has 0 bridgehead atoms. The summed E-state index contributed by atoms with van der Waals surface area (Å²) in [6.07, 6.45) is 0.846. The maximum absolute atomic E-state index is 11.8. The number of carboxylic acids is 2. The Labute approximate surface area is 150 Å². The van der Waals surface area contributed by atoms with Crippen LogP contribution in [-0.2, 0) is 24.0 Å². The number of hydrogen-bond acceptors (Lipinski definition) is 6. The summed E-state index contributed by atoms with van der Waals surface area (Å²) in [6.45, 7) is 2.63. The predicted molar refractivity (Wildman–Crippen MR) is 86.0 cm³/mol. The van der Waals surface area contributed by atoms with Gasteiger partial charge in [-0.15, -0.1) is 0 Å². The molecule has 0 aliphatic carbocycles. The van der Waals surface area contributed by atoms with Gasteiger partial charge in [0.2, 0.25) is 11.8 Å². The van der Waals surface area contributed by atoms with Crippen molar-refractivity contribution in [1.29, 1.82) is 0 Å². The number of carbonyl (C=O) groups excluding carboxylic acids is 4. The number of quaternary nitrogens is 1. The second-order valence-corrected chi connectivity index (χ2v) is 5.79. The van der Waals surface area contributed by atoms with Crippen molar-refractivity contribution in [2.24, 2.45) is 0 Å². The van der Waals surface area contributed by atoms with Gasteiger partial charge in [-0.2, -0.15) is 0 Å². The molecule has 11 nitrogen and oxygen atoms in total. The highest BCUT2D eigenvalue weighted by molar-refractivity contribution is 5.89. The van der Waals surface area contributed by atoms with E-state index < -0.39 is 47.8 Å². The summed E-state index contributed by atoms with van der Waals surface area (Å²) in [7, 11) is 0. The lowest BCUT2D eigenvalue weighted by Crippen LogP contribution is -2.60. The monoisotopic (exact) mass is 374 g/mol. The molecular formula is C15H26N4O7. The standard InChI is InChI=1S/C15H26N4O7/c1-8(13(22)18-9(2)14(23)24)17-11(20)6-4-3-5-10(15(25)26)19-12(21)7-16/h8-10H,3-7,16H2,1-2H3,(H,17,20)(H,18,22)(H,19,21)(H,23,24)(H,25,26)/t8-,9-,10-/m1/s1. The van der Waals surface area contributed by atoms with Crippen LogP contribution in [0.25, 0.3) is 0 Å². The van der Waals surface area contributed by atoms with Crippen LogP contribution in [0.2, 0.25) is 0 Å². The lowest BCUT2D eigenvalue weighted by Gasteiger charge is -2.19. The Morgan fingerprint density at radius 2 is 1.58 bits per heavy atom. The summed E-state index contributed by atoms with van der Waals surface area (Å²) in [5.74, 6) is -4.16. The molecule has 0 heterocycles. The first-order chi connectivity index (χ1) is 12.1. The Morgan fingerprint density at radius 1 is 0.962 bits per heavy atom. The van der Waals surface area contributed by atoms with E-state index in [1.54, 1.807) is 0 Å². The zero-order chi connectivity index (χ0) is 20.3. The van der Waals surface area contributed by atoms with E-state index in [9.17, 15) is 29.1 Å². The minimum Gasteiger partial charge on any atom is -0.548 e. The largest absolute Gasteiger partial charge is 0.548 e. The summed E-state index contributed by atoms with van der Waals surface area (Å²) in [6, 6.07) is -3.12. The molecule has 3 atom stereocenters. The predicted octanol–water partition coefficient (Wildman–Crippen LogP) is -3.88. The average molecular weight is 374 g/mol. The SMILES string of the molecule is C[C@@H](NC(=O)[C@@H](C)NC(=O)CCCC[C@@H](NC(=O)C[NH3+])C(=O)[O-])C(=O)O. The van der Waals surface area contributed by atoms with Crippen LogP contribution in [0.5, 0.6) is 0 Å². The number of nitrogens with one attached hydrogen (secondary N) is 3. The molecule has 0 spiro atoms. The smallest absolute Gasteiger partial charge is 0.325 e. The van der Waals surface area contributed by atoms with Crippen LogP contribution >= 0.6 is 0 Å². The van der Waals surface area contributed by atoms with Crippen LogP contribution in [-0.4, -0.2) is 59.4 Å². The fraction of sp³-hybridized carbons (Fsp3) is 0.667. The zero-order valence-electron chi connectivity index (χ0n) is 14.9. The third kappa shape index (κ3) is 9.57. The van der Waals surface area contributed by atoms with Crippen LogP contribution in [0.4, 0.5) is 0 Å². The van der Waals surface area contributed by atoms with E-state index in [0.717, 1.165) is 0 Å². The van der Waals surface area contributed by atoms with Crippen LogP contribution in [0.15, 0.2) is 0 Å². The van der Waals surface area contributed by atoms with Gasteiger partial charge < -0.3 is 36.7 Å². The van der Waals surface area contributed by atoms with Gasteiger partial charge in [-0.25, -0.2) is 0 Å². The fourth-order valence-electron chi connectivity index (χ4n) is 1.93. The molecule has 148 valence electrons. The Balaban J connectivity index is 4.17. The van der Waals surface area contributed by atoms with Gasteiger partial charge in [0.05, 0.1) is 12.0 Å². The van der Waals surface area contributed by atoms with Gasteiger partial charge in [0, 0.05) is 6.42 Å². The van der Waals surface area contributed by atoms with Crippen molar-refractivity contribution < 1.29 is 39.9 Å². The number of carboxylic acid groups (broad SMARTS) is 2. The molecule has 0 aromatic rings. The molecule has 11 heteroatoms. The number of carbonyl (C=O) groups is 5. The summed E-state index contributed by atoms with van der Waals surface area (Å²) < 4.78 is 0. The molecule has 3 amide bonds. The van der Waals surface area contributed by atoms with Crippen LogP contribution in [0.1, 0.15) is 39.5 Å². The lowest BCUT2D eigenvalue weighted by molar-refractivity contribution is -0.355. The van der Waals surface area contributed by atoms with E-state index in [2.05, 4.69) is 21.7 Å². The first kappa shape index (κ1) is 23.3. The number of hydrogen-bond donors (Lipinski definition) is 5. The molecule has 0 aliphatic rings. The Morgan fingerprint density at radius 3 is 2.08 bits per heavy atom. The van der Waals surface area contributed by atoms with Gasteiger partial charge in [-0.3, -0.25) is 19.2 Å². The molecule has 0 unspecified atom stereocenters. The zero-order valence-corrected chi connectivity index (χ0v) is 14.9. The second-order valence-electron chi connectivity index (χ2n) is 5.79.